The number of halogens is 2. The zero-order valence-corrected chi connectivity index (χ0v) is 10.7. The summed E-state index contributed by atoms with van der Waals surface area (Å²) in [5.74, 6) is -0.276. The summed E-state index contributed by atoms with van der Waals surface area (Å²) >= 11 is 11.3. The Kier molecular flexibility index (Phi) is 3.80. The Morgan fingerprint density at radius 1 is 0.889 bits per heavy atom. The maximum atomic E-state index is 12.3. The molecule has 0 fully saturated rings. The predicted octanol–water partition coefficient (Wildman–Crippen LogP) is 3.95. The largest absolute Gasteiger partial charge is 0.289 e. The van der Waals surface area contributed by atoms with Gasteiger partial charge in [-0.05, 0) is 29.8 Å². The van der Waals surface area contributed by atoms with E-state index in [9.17, 15) is 9.59 Å². The van der Waals surface area contributed by atoms with Crippen LogP contribution >= 0.6 is 23.2 Å². The molecule has 4 heteroatoms. The fourth-order valence-electron chi connectivity index (χ4n) is 1.62. The molecule has 0 unspecified atom stereocenters. The van der Waals surface area contributed by atoms with Crippen molar-refractivity contribution in [3.05, 3.63) is 70.2 Å². The summed E-state index contributed by atoms with van der Waals surface area (Å²) in [6.07, 6.45) is 0. The second kappa shape index (κ2) is 5.34. The van der Waals surface area contributed by atoms with E-state index < -0.39 is 5.24 Å². The number of benzene rings is 2. The first-order valence-electron chi connectivity index (χ1n) is 5.18. The van der Waals surface area contributed by atoms with Gasteiger partial charge in [0.1, 0.15) is 0 Å². The molecule has 2 aromatic carbocycles. The van der Waals surface area contributed by atoms with Gasteiger partial charge in [0.05, 0.1) is 0 Å². The second-order valence-electron chi connectivity index (χ2n) is 3.66. The Morgan fingerprint density at radius 2 is 1.56 bits per heavy atom. The van der Waals surface area contributed by atoms with Crippen LogP contribution in [-0.2, 0) is 0 Å². The van der Waals surface area contributed by atoms with Gasteiger partial charge in [0.15, 0.2) is 5.78 Å². The fourth-order valence-corrected chi connectivity index (χ4v) is 1.96. The molecule has 0 saturated heterocycles. The fraction of sp³-hybridized carbons (Fsp3) is 0. The highest BCUT2D eigenvalue weighted by molar-refractivity contribution is 6.68. The van der Waals surface area contributed by atoms with Gasteiger partial charge in [0, 0.05) is 21.7 Å². The number of hydrogen-bond acceptors (Lipinski definition) is 2. The van der Waals surface area contributed by atoms with Crippen LogP contribution in [0.1, 0.15) is 26.3 Å². The topological polar surface area (TPSA) is 34.1 Å². The van der Waals surface area contributed by atoms with Gasteiger partial charge in [-0.25, -0.2) is 0 Å². The summed E-state index contributed by atoms with van der Waals surface area (Å²) in [7, 11) is 0. The molecule has 2 nitrogen and oxygen atoms in total. The molecule has 0 spiro atoms. The van der Waals surface area contributed by atoms with Crippen LogP contribution in [0.2, 0.25) is 5.02 Å². The molecule has 90 valence electrons. The lowest BCUT2D eigenvalue weighted by Crippen LogP contribution is -2.07. The number of rotatable bonds is 3. The van der Waals surface area contributed by atoms with Crippen LogP contribution in [0.5, 0.6) is 0 Å². The minimum absolute atomic E-state index is 0.162. The van der Waals surface area contributed by atoms with Crippen LogP contribution < -0.4 is 0 Å². The molecule has 2 aromatic rings. The van der Waals surface area contributed by atoms with E-state index in [2.05, 4.69) is 0 Å². The molecule has 0 amide bonds. The van der Waals surface area contributed by atoms with Crippen LogP contribution in [0.15, 0.2) is 48.5 Å². The van der Waals surface area contributed by atoms with Gasteiger partial charge in [-0.2, -0.15) is 0 Å². The summed E-state index contributed by atoms with van der Waals surface area (Å²) in [5, 5.41) is -0.290. The maximum Gasteiger partial charge on any atom is 0.253 e. The Labute approximate surface area is 114 Å². The molecule has 2 rings (SSSR count). The molecule has 0 aliphatic heterocycles. The first-order chi connectivity index (χ1) is 8.59. The number of carbonyl (C=O) groups excluding carboxylic acids is 2. The smallest absolute Gasteiger partial charge is 0.253 e. The van der Waals surface area contributed by atoms with E-state index >= 15 is 0 Å². The lowest BCUT2D eigenvalue weighted by Gasteiger charge is -2.06. The van der Waals surface area contributed by atoms with E-state index in [-0.39, 0.29) is 16.9 Å². The van der Waals surface area contributed by atoms with E-state index in [1.54, 1.807) is 24.3 Å². The van der Waals surface area contributed by atoms with Crippen molar-refractivity contribution < 1.29 is 9.59 Å². The molecular formula is C14H8Cl2O2. The van der Waals surface area contributed by atoms with E-state index in [0.717, 1.165) is 0 Å². The van der Waals surface area contributed by atoms with Crippen LogP contribution in [-0.4, -0.2) is 11.0 Å². The molecule has 0 atom stereocenters. The summed E-state index contributed by atoms with van der Waals surface area (Å²) in [4.78, 5) is 23.5. The van der Waals surface area contributed by atoms with Crippen molar-refractivity contribution >= 4 is 34.2 Å². The highest BCUT2D eigenvalue weighted by Gasteiger charge is 2.17. The molecule has 0 radical (unpaired) electrons. The third-order valence-corrected chi connectivity index (χ3v) is 2.91. The van der Waals surface area contributed by atoms with Crippen molar-refractivity contribution in [3.63, 3.8) is 0 Å². The predicted molar refractivity (Wildman–Crippen MR) is 71.5 cm³/mol. The van der Waals surface area contributed by atoms with Gasteiger partial charge in [0.25, 0.3) is 5.24 Å². The lowest BCUT2D eigenvalue weighted by molar-refractivity contribution is 0.102. The standard InChI is InChI=1S/C14H8Cl2O2/c15-10-6-7-11(14(16)18)12(8-10)13(17)9-4-2-1-3-5-9/h1-8H. The van der Waals surface area contributed by atoms with Crippen LogP contribution in [0.3, 0.4) is 0 Å². The van der Waals surface area contributed by atoms with Crippen LogP contribution in [0, 0.1) is 0 Å². The zero-order chi connectivity index (χ0) is 13.1. The number of hydrogen-bond donors (Lipinski definition) is 0. The SMILES string of the molecule is O=C(Cl)c1ccc(Cl)cc1C(=O)c1ccccc1. The molecule has 0 bridgehead atoms. The summed E-state index contributed by atoms with van der Waals surface area (Å²) < 4.78 is 0. The Hall–Kier alpha value is -1.64. The first-order valence-corrected chi connectivity index (χ1v) is 5.94. The van der Waals surface area contributed by atoms with E-state index in [1.165, 1.54) is 18.2 Å². The first kappa shape index (κ1) is 12.8. The Morgan fingerprint density at radius 3 is 2.17 bits per heavy atom. The van der Waals surface area contributed by atoms with E-state index in [1.807, 2.05) is 6.07 Å². The molecule has 0 heterocycles. The van der Waals surface area contributed by atoms with Crippen molar-refractivity contribution in [2.75, 3.05) is 0 Å². The van der Waals surface area contributed by atoms with Gasteiger partial charge in [-0.1, -0.05) is 41.9 Å². The Bertz CT molecular complexity index is 606. The molecule has 0 N–H and O–H groups in total. The minimum atomic E-state index is -0.675. The van der Waals surface area contributed by atoms with Crippen molar-refractivity contribution in [2.45, 2.75) is 0 Å². The quantitative estimate of drug-likeness (QED) is 0.629. The van der Waals surface area contributed by atoms with Gasteiger partial charge in [-0.3, -0.25) is 9.59 Å². The van der Waals surface area contributed by atoms with Crippen molar-refractivity contribution in [1.29, 1.82) is 0 Å². The third kappa shape index (κ3) is 2.61. The third-order valence-electron chi connectivity index (χ3n) is 2.47. The Balaban J connectivity index is 2.54. The van der Waals surface area contributed by atoms with E-state index in [4.69, 9.17) is 23.2 Å². The molecule has 0 aromatic heterocycles. The highest BCUT2D eigenvalue weighted by Crippen LogP contribution is 2.21. The molecule has 0 aliphatic carbocycles. The maximum absolute atomic E-state index is 12.3. The summed E-state index contributed by atoms with van der Waals surface area (Å²) in [5.41, 5.74) is 0.863. The summed E-state index contributed by atoms with van der Waals surface area (Å²) in [6, 6.07) is 13.1. The average Bonchev–Trinajstić information content (AvgIpc) is 2.38. The molecular weight excluding hydrogens is 271 g/mol. The van der Waals surface area contributed by atoms with Crippen molar-refractivity contribution in [1.82, 2.24) is 0 Å². The summed E-state index contributed by atoms with van der Waals surface area (Å²) in [6.45, 7) is 0. The number of ketones is 1. The van der Waals surface area contributed by atoms with Gasteiger partial charge in [-0.15, -0.1) is 0 Å². The van der Waals surface area contributed by atoms with Gasteiger partial charge < -0.3 is 0 Å². The second-order valence-corrected chi connectivity index (χ2v) is 4.44. The zero-order valence-electron chi connectivity index (χ0n) is 9.19. The van der Waals surface area contributed by atoms with Gasteiger partial charge in [0.2, 0.25) is 0 Å². The van der Waals surface area contributed by atoms with Gasteiger partial charge >= 0.3 is 0 Å². The van der Waals surface area contributed by atoms with Crippen molar-refractivity contribution in [2.24, 2.45) is 0 Å². The van der Waals surface area contributed by atoms with Crippen LogP contribution in [0.25, 0.3) is 0 Å². The minimum Gasteiger partial charge on any atom is -0.289 e. The van der Waals surface area contributed by atoms with Crippen molar-refractivity contribution in [3.8, 4) is 0 Å². The highest BCUT2D eigenvalue weighted by atomic mass is 35.5. The molecule has 0 aliphatic rings. The molecule has 18 heavy (non-hydrogen) atoms. The average molecular weight is 279 g/mol. The lowest BCUT2D eigenvalue weighted by atomic mass is 9.99. The van der Waals surface area contributed by atoms with E-state index in [0.29, 0.717) is 10.6 Å². The monoisotopic (exact) mass is 278 g/mol. The van der Waals surface area contributed by atoms with Crippen LogP contribution in [0.4, 0.5) is 0 Å². The molecule has 0 saturated carbocycles. The normalized spacial score (nSPS) is 10.1. The number of carbonyl (C=O) groups is 2.